The van der Waals surface area contributed by atoms with Crippen molar-refractivity contribution in [1.29, 1.82) is 0 Å². The molecule has 18 heavy (non-hydrogen) atoms. The summed E-state index contributed by atoms with van der Waals surface area (Å²) in [6, 6.07) is 6.99. The highest BCUT2D eigenvalue weighted by Gasteiger charge is 2.19. The van der Waals surface area contributed by atoms with Gasteiger partial charge in [0.15, 0.2) is 0 Å². The SMILES string of the molecule is Cn1nc(-c2cccc(N)c2)c(Br)c1OC(F)F. The van der Waals surface area contributed by atoms with Crippen LogP contribution in [0.2, 0.25) is 0 Å². The number of benzene rings is 1. The summed E-state index contributed by atoms with van der Waals surface area (Å²) < 4.78 is 30.5. The largest absolute Gasteiger partial charge is 0.416 e. The van der Waals surface area contributed by atoms with Gasteiger partial charge in [-0.1, -0.05) is 12.1 Å². The topological polar surface area (TPSA) is 53.1 Å². The van der Waals surface area contributed by atoms with E-state index in [1.807, 2.05) is 0 Å². The molecule has 0 spiro atoms. The summed E-state index contributed by atoms with van der Waals surface area (Å²) in [4.78, 5) is 0. The minimum absolute atomic E-state index is 0.0255. The first-order valence-corrected chi connectivity index (χ1v) is 5.81. The Morgan fingerprint density at radius 3 is 2.78 bits per heavy atom. The molecule has 0 atom stereocenters. The van der Waals surface area contributed by atoms with Crippen molar-refractivity contribution in [3.05, 3.63) is 28.7 Å². The Hall–Kier alpha value is -1.63. The Morgan fingerprint density at radius 2 is 2.17 bits per heavy atom. The van der Waals surface area contributed by atoms with Crippen LogP contribution in [-0.2, 0) is 7.05 Å². The van der Waals surface area contributed by atoms with Crippen LogP contribution < -0.4 is 10.5 Å². The van der Waals surface area contributed by atoms with Gasteiger partial charge in [0.1, 0.15) is 10.2 Å². The van der Waals surface area contributed by atoms with Crippen molar-refractivity contribution in [3.8, 4) is 17.1 Å². The Balaban J connectivity index is 2.47. The first-order chi connectivity index (χ1) is 8.49. The van der Waals surface area contributed by atoms with E-state index in [-0.39, 0.29) is 5.88 Å². The first-order valence-electron chi connectivity index (χ1n) is 5.02. The van der Waals surface area contributed by atoms with Crippen LogP contribution in [0.15, 0.2) is 28.7 Å². The van der Waals surface area contributed by atoms with E-state index < -0.39 is 6.61 Å². The van der Waals surface area contributed by atoms with Crippen molar-refractivity contribution in [2.24, 2.45) is 7.05 Å². The van der Waals surface area contributed by atoms with E-state index in [0.29, 0.717) is 15.9 Å². The van der Waals surface area contributed by atoms with Crippen LogP contribution in [0.3, 0.4) is 0 Å². The molecule has 1 aromatic heterocycles. The van der Waals surface area contributed by atoms with Crippen LogP contribution in [0.4, 0.5) is 14.5 Å². The van der Waals surface area contributed by atoms with Crippen LogP contribution in [0, 0.1) is 0 Å². The molecule has 2 aromatic rings. The van der Waals surface area contributed by atoms with Crippen LogP contribution in [0.25, 0.3) is 11.3 Å². The summed E-state index contributed by atoms with van der Waals surface area (Å²) in [5.41, 5.74) is 7.47. The Labute approximate surface area is 110 Å². The number of aromatic nitrogens is 2. The summed E-state index contributed by atoms with van der Waals surface area (Å²) in [6.07, 6.45) is 0. The molecule has 0 fully saturated rings. The summed E-state index contributed by atoms with van der Waals surface area (Å²) in [6.45, 7) is -2.90. The van der Waals surface area contributed by atoms with Crippen LogP contribution in [0.1, 0.15) is 0 Å². The van der Waals surface area contributed by atoms with Crippen LogP contribution >= 0.6 is 15.9 Å². The molecule has 0 aliphatic carbocycles. The summed E-state index contributed by atoms with van der Waals surface area (Å²) in [5, 5.41) is 4.13. The predicted octanol–water partition coefficient (Wildman–Crippen LogP) is 3.03. The van der Waals surface area contributed by atoms with E-state index in [4.69, 9.17) is 5.73 Å². The van der Waals surface area contributed by atoms with E-state index in [0.717, 1.165) is 5.56 Å². The number of alkyl halides is 2. The number of rotatable bonds is 3. The van der Waals surface area contributed by atoms with Gasteiger partial charge in [-0.2, -0.15) is 13.9 Å². The minimum Gasteiger partial charge on any atom is -0.416 e. The fraction of sp³-hybridized carbons (Fsp3) is 0.182. The zero-order valence-corrected chi connectivity index (χ0v) is 11.0. The van der Waals surface area contributed by atoms with E-state index in [1.165, 1.54) is 11.7 Å². The molecular formula is C11H10BrF2N3O. The van der Waals surface area contributed by atoms with E-state index in [1.54, 1.807) is 24.3 Å². The van der Waals surface area contributed by atoms with Crippen molar-refractivity contribution in [2.45, 2.75) is 6.61 Å². The molecule has 0 bridgehead atoms. The summed E-state index contributed by atoms with van der Waals surface area (Å²) in [7, 11) is 1.53. The second kappa shape index (κ2) is 4.93. The van der Waals surface area contributed by atoms with Crippen molar-refractivity contribution in [1.82, 2.24) is 9.78 Å². The molecule has 0 unspecified atom stereocenters. The number of hydrogen-bond acceptors (Lipinski definition) is 3. The van der Waals surface area contributed by atoms with Gasteiger partial charge < -0.3 is 10.5 Å². The standard InChI is InChI=1S/C11H10BrF2N3O/c1-17-10(18-11(13)14)8(12)9(16-17)6-3-2-4-7(15)5-6/h2-5,11H,15H2,1H3. The molecule has 2 N–H and O–H groups in total. The molecule has 1 heterocycles. The number of ether oxygens (including phenoxy) is 1. The molecule has 0 radical (unpaired) electrons. The second-order valence-electron chi connectivity index (χ2n) is 3.60. The molecule has 2 rings (SSSR count). The molecular weight excluding hydrogens is 308 g/mol. The van der Waals surface area contributed by atoms with Gasteiger partial charge in [-0.05, 0) is 28.1 Å². The van der Waals surface area contributed by atoms with Crippen molar-refractivity contribution < 1.29 is 13.5 Å². The van der Waals surface area contributed by atoms with Gasteiger partial charge in [-0.25, -0.2) is 4.68 Å². The van der Waals surface area contributed by atoms with E-state index >= 15 is 0 Å². The average molecular weight is 318 g/mol. The minimum atomic E-state index is -2.90. The van der Waals surface area contributed by atoms with Gasteiger partial charge >= 0.3 is 6.61 Å². The quantitative estimate of drug-likeness (QED) is 0.885. The normalized spacial score (nSPS) is 10.9. The lowest BCUT2D eigenvalue weighted by atomic mass is 10.1. The Kier molecular flexibility index (Phi) is 3.51. The number of nitrogens with two attached hydrogens (primary N) is 1. The van der Waals surface area contributed by atoms with E-state index in [9.17, 15) is 8.78 Å². The monoisotopic (exact) mass is 317 g/mol. The van der Waals surface area contributed by atoms with Gasteiger partial charge in [-0.15, -0.1) is 0 Å². The zero-order chi connectivity index (χ0) is 13.3. The number of anilines is 1. The lowest BCUT2D eigenvalue weighted by molar-refractivity contribution is -0.0558. The predicted molar refractivity (Wildman–Crippen MR) is 67.4 cm³/mol. The van der Waals surface area contributed by atoms with Gasteiger partial charge in [-0.3, -0.25) is 0 Å². The highest BCUT2D eigenvalue weighted by molar-refractivity contribution is 9.10. The molecule has 0 amide bonds. The lowest BCUT2D eigenvalue weighted by Crippen LogP contribution is -2.06. The third-order valence-corrected chi connectivity index (χ3v) is 3.02. The third-order valence-electron chi connectivity index (χ3n) is 2.30. The first kappa shape index (κ1) is 12.8. The average Bonchev–Trinajstić information content (AvgIpc) is 2.56. The summed E-state index contributed by atoms with van der Waals surface area (Å²) in [5.74, 6) is -0.0255. The lowest BCUT2D eigenvalue weighted by Gasteiger charge is -2.04. The fourth-order valence-electron chi connectivity index (χ4n) is 1.57. The summed E-state index contributed by atoms with van der Waals surface area (Å²) >= 11 is 3.21. The number of nitrogens with zero attached hydrogens (tertiary/aromatic N) is 2. The molecule has 0 aliphatic rings. The maximum atomic E-state index is 12.3. The van der Waals surface area contributed by atoms with Gasteiger partial charge in [0, 0.05) is 18.3 Å². The van der Waals surface area contributed by atoms with Crippen molar-refractivity contribution in [3.63, 3.8) is 0 Å². The highest BCUT2D eigenvalue weighted by atomic mass is 79.9. The number of halogens is 3. The van der Waals surface area contributed by atoms with Gasteiger partial charge in [0.25, 0.3) is 0 Å². The van der Waals surface area contributed by atoms with Crippen molar-refractivity contribution in [2.75, 3.05) is 5.73 Å². The molecule has 96 valence electrons. The molecule has 0 saturated carbocycles. The maximum absolute atomic E-state index is 12.3. The highest BCUT2D eigenvalue weighted by Crippen LogP contribution is 2.36. The maximum Gasteiger partial charge on any atom is 0.388 e. The molecule has 1 aromatic carbocycles. The van der Waals surface area contributed by atoms with Gasteiger partial charge in [0.05, 0.1) is 0 Å². The van der Waals surface area contributed by atoms with Crippen molar-refractivity contribution >= 4 is 21.6 Å². The smallest absolute Gasteiger partial charge is 0.388 e. The number of nitrogen functional groups attached to an aromatic ring is 1. The second-order valence-corrected chi connectivity index (χ2v) is 4.39. The Bertz CT molecular complexity index is 571. The molecule has 4 nitrogen and oxygen atoms in total. The fourth-order valence-corrected chi connectivity index (χ4v) is 2.22. The van der Waals surface area contributed by atoms with Gasteiger partial charge in [0.2, 0.25) is 5.88 Å². The zero-order valence-electron chi connectivity index (χ0n) is 9.40. The Morgan fingerprint density at radius 1 is 1.44 bits per heavy atom. The number of aryl methyl sites for hydroxylation is 1. The van der Waals surface area contributed by atoms with E-state index in [2.05, 4.69) is 25.8 Å². The van der Waals surface area contributed by atoms with Crippen LogP contribution in [-0.4, -0.2) is 16.4 Å². The van der Waals surface area contributed by atoms with Crippen LogP contribution in [0.5, 0.6) is 5.88 Å². The molecule has 7 heteroatoms. The third kappa shape index (κ3) is 2.45. The molecule has 0 saturated heterocycles. The number of hydrogen-bond donors (Lipinski definition) is 1. The molecule has 0 aliphatic heterocycles.